The first kappa shape index (κ1) is 20.3. The second kappa shape index (κ2) is 10.8. The third-order valence-corrected chi connectivity index (χ3v) is 3.87. The van der Waals surface area contributed by atoms with Crippen molar-refractivity contribution in [3.05, 3.63) is 54.6 Å². The van der Waals surface area contributed by atoms with E-state index in [1.54, 1.807) is 24.3 Å². The van der Waals surface area contributed by atoms with Crippen LogP contribution < -0.4 is 21.1 Å². The summed E-state index contributed by atoms with van der Waals surface area (Å²) in [6.45, 7) is 0.491. The predicted molar refractivity (Wildman–Crippen MR) is 104 cm³/mol. The van der Waals surface area contributed by atoms with E-state index in [1.165, 1.54) is 0 Å². The Labute approximate surface area is 158 Å². The van der Waals surface area contributed by atoms with Crippen LogP contribution in [0.4, 0.5) is 5.69 Å². The van der Waals surface area contributed by atoms with Gasteiger partial charge in [-0.15, -0.1) is 0 Å². The van der Waals surface area contributed by atoms with Gasteiger partial charge in [0.05, 0.1) is 6.54 Å². The minimum absolute atomic E-state index is 0.0143. The predicted octanol–water partition coefficient (Wildman–Crippen LogP) is 2.59. The first-order chi connectivity index (χ1) is 13.1. The van der Waals surface area contributed by atoms with Gasteiger partial charge in [0.1, 0.15) is 17.5 Å². The Morgan fingerprint density at radius 2 is 1.67 bits per heavy atom. The first-order valence-electron chi connectivity index (χ1n) is 8.87. The van der Waals surface area contributed by atoms with Gasteiger partial charge in [-0.2, -0.15) is 0 Å². The molecule has 0 heterocycles. The zero-order valence-electron chi connectivity index (χ0n) is 15.1. The molecule has 0 radical (unpaired) electrons. The number of anilines is 1. The Hall–Kier alpha value is -3.06. The summed E-state index contributed by atoms with van der Waals surface area (Å²) in [5.41, 5.74) is 6.14. The Morgan fingerprint density at radius 3 is 2.30 bits per heavy atom. The number of carbonyl (C=O) groups excluding carboxylic acids is 1. The molecule has 5 N–H and O–H groups in total. The molecule has 0 saturated heterocycles. The fraction of sp³-hybridized carbons (Fsp3) is 0.300. The van der Waals surface area contributed by atoms with E-state index in [9.17, 15) is 14.7 Å². The molecular weight excluding hydrogens is 346 g/mol. The van der Waals surface area contributed by atoms with Crippen molar-refractivity contribution < 1.29 is 19.4 Å². The van der Waals surface area contributed by atoms with Gasteiger partial charge in [0.25, 0.3) is 0 Å². The van der Waals surface area contributed by atoms with E-state index in [0.717, 1.165) is 17.9 Å². The number of unbranched alkanes of at least 4 members (excludes halogenated alkanes) is 1. The maximum absolute atomic E-state index is 12.0. The molecule has 0 saturated carbocycles. The third-order valence-electron chi connectivity index (χ3n) is 3.87. The topological polar surface area (TPSA) is 114 Å². The largest absolute Gasteiger partial charge is 0.480 e. The highest BCUT2D eigenvalue weighted by molar-refractivity contribution is 5.86. The van der Waals surface area contributed by atoms with Crippen molar-refractivity contribution in [2.75, 3.05) is 18.4 Å². The van der Waals surface area contributed by atoms with E-state index in [0.29, 0.717) is 25.1 Å². The van der Waals surface area contributed by atoms with E-state index < -0.39 is 12.0 Å². The molecule has 2 aromatic rings. The number of nitrogens with one attached hydrogen (secondary N) is 2. The molecule has 0 aromatic heterocycles. The van der Waals surface area contributed by atoms with Crippen molar-refractivity contribution in [3.8, 4) is 11.5 Å². The fourth-order valence-corrected chi connectivity index (χ4v) is 2.44. The van der Waals surface area contributed by atoms with Crippen molar-refractivity contribution in [2.45, 2.75) is 25.3 Å². The minimum Gasteiger partial charge on any atom is -0.480 e. The molecule has 0 bridgehead atoms. The highest BCUT2D eigenvalue weighted by atomic mass is 16.5. The second-order valence-corrected chi connectivity index (χ2v) is 6.04. The number of nitrogens with two attached hydrogens (primary N) is 1. The average molecular weight is 371 g/mol. The number of carbonyl (C=O) groups is 2. The zero-order valence-corrected chi connectivity index (χ0v) is 15.1. The molecular formula is C20H25N3O4. The second-order valence-electron chi connectivity index (χ2n) is 6.04. The summed E-state index contributed by atoms with van der Waals surface area (Å²) in [7, 11) is 0. The molecule has 0 fully saturated rings. The van der Waals surface area contributed by atoms with Crippen molar-refractivity contribution in [1.29, 1.82) is 0 Å². The number of benzene rings is 2. The van der Waals surface area contributed by atoms with Gasteiger partial charge in [-0.05, 0) is 62.2 Å². The van der Waals surface area contributed by atoms with E-state index in [2.05, 4.69) is 10.6 Å². The van der Waals surface area contributed by atoms with Crippen LogP contribution in [0, 0.1) is 0 Å². The van der Waals surface area contributed by atoms with Gasteiger partial charge < -0.3 is 26.2 Å². The summed E-state index contributed by atoms with van der Waals surface area (Å²) >= 11 is 0. The molecule has 0 aliphatic rings. The van der Waals surface area contributed by atoms with Crippen molar-refractivity contribution >= 4 is 17.6 Å². The van der Waals surface area contributed by atoms with Gasteiger partial charge in [-0.3, -0.25) is 4.79 Å². The van der Waals surface area contributed by atoms with Gasteiger partial charge >= 0.3 is 5.97 Å². The molecule has 0 unspecified atom stereocenters. The highest BCUT2D eigenvalue weighted by Crippen LogP contribution is 2.22. The van der Waals surface area contributed by atoms with Crippen LogP contribution in [0.25, 0.3) is 0 Å². The number of para-hydroxylation sites is 1. The Balaban J connectivity index is 1.79. The van der Waals surface area contributed by atoms with Crippen LogP contribution in [0.1, 0.15) is 19.3 Å². The van der Waals surface area contributed by atoms with Crippen LogP contribution in [0.3, 0.4) is 0 Å². The Bertz CT molecular complexity index is 720. The molecule has 1 amide bonds. The number of carboxylic acid groups (broad SMARTS) is 1. The SMILES string of the molecule is NCCCC[C@H](NC(=O)CNc1ccc(Oc2ccccc2)cc1)C(=O)O. The first-order valence-corrected chi connectivity index (χ1v) is 8.87. The summed E-state index contributed by atoms with van der Waals surface area (Å²) in [5.74, 6) is 0.0107. The van der Waals surface area contributed by atoms with Crippen LogP contribution in [-0.2, 0) is 9.59 Å². The molecule has 1 atom stereocenters. The zero-order chi connectivity index (χ0) is 19.5. The lowest BCUT2D eigenvalue weighted by atomic mass is 10.1. The lowest BCUT2D eigenvalue weighted by molar-refractivity contribution is -0.141. The smallest absolute Gasteiger partial charge is 0.326 e. The summed E-state index contributed by atoms with van der Waals surface area (Å²) in [4.78, 5) is 23.2. The summed E-state index contributed by atoms with van der Waals surface area (Å²) < 4.78 is 5.70. The molecule has 7 heteroatoms. The average Bonchev–Trinajstić information content (AvgIpc) is 2.67. The number of carboxylic acids is 1. The summed E-state index contributed by atoms with van der Waals surface area (Å²) in [6, 6.07) is 15.7. The maximum atomic E-state index is 12.0. The molecule has 2 rings (SSSR count). The number of aliphatic carboxylic acids is 1. The Morgan fingerprint density at radius 1 is 1.00 bits per heavy atom. The third kappa shape index (κ3) is 7.37. The molecule has 0 aliphatic carbocycles. The van der Waals surface area contributed by atoms with Gasteiger partial charge in [0.2, 0.25) is 5.91 Å². The number of amides is 1. The van der Waals surface area contributed by atoms with Crippen LogP contribution in [0.15, 0.2) is 54.6 Å². The number of ether oxygens (including phenoxy) is 1. The lowest BCUT2D eigenvalue weighted by Crippen LogP contribution is -2.43. The normalized spacial score (nSPS) is 11.4. The molecule has 7 nitrogen and oxygen atoms in total. The van der Waals surface area contributed by atoms with Crippen LogP contribution in [0.2, 0.25) is 0 Å². The number of hydrogen-bond donors (Lipinski definition) is 4. The van der Waals surface area contributed by atoms with Crippen LogP contribution in [0.5, 0.6) is 11.5 Å². The number of rotatable bonds is 11. The maximum Gasteiger partial charge on any atom is 0.326 e. The standard InChI is InChI=1S/C20H25N3O4/c21-13-5-4-8-18(20(25)26)23-19(24)14-22-15-9-11-17(12-10-15)27-16-6-2-1-3-7-16/h1-3,6-7,9-12,18,22H,4-5,8,13-14,21H2,(H,23,24)(H,25,26)/t18-/m0/s1. The van der Waals surface area contributed by atoms with E-state index >= 15 is 0 Å². The van der Waals surface area contributed by atoms with Crippen molar-refractivity contribution in [1.82, 2.24) is 5.32 Å². The fourth-order valence-electron chi connectivity index (χ4n) is 2.44. The van der Waals surface area contributed by atoms with E-state index in [1.807, 2.05) is 30.3 Å². The van der Waals surface area contributed by atoms with Crippen LogP contribution >= 0.6 is 0 Å². The van der Waals surface area contributed by atoms with Crippen molar-refractivity contribution in [2.24, 2.45) is 5.73 Å². The Kier molecular flexibility index (Phi) is 8.12. The highest BCUT2D eigenvalue weighted by Gasteiger charge is 2.19. The quantitative estimate of drug-likeness (QED) is 0.452. The molecule has 0 aliphatic heterocycles. The molecule has 2 aromatic carbocycles. The lowest BCUT2D eigenvalue weighted by Gasteiger charge is -2.15. The molecule has 27 heavy (non-hydrogen) atoms. The monoisotopic (exact) mass is 371 g/mol. The number of hydrogen-bond acceptors (Lipinski definition) is 5. The summed E-state index contributed by atoms with van der Waals surface area (Å²) in [5, 5.41) is 14.7. The van der Waals surface area contributed by atoms with Crippen molar-refractivity contribution in [3.63, 3.8) is 0 Å². The van der Waals surface area contributed by atoms with Crippen LogP contribution in [-0.4, -0.2) is 36.1 Å². The van der Waals surface area contributed by atoms with Gasteiger partial charge in [0.15, 0.2) is 0 Å². The van der Waals surface area contributed by atoms with Gasteiger partial charge in [-0.25, -0.2) is 4.79 Å². The molecule has 0 spiro atoms. The van der Waals surface area contributed by atoms with Gasteiger partial charge in [0, 0.05) is 5.69 Å². The van der Waals surface area contributed by atoms with E-state index in [4.69, 9.17) is 10.5 Å². The minimum atomic E-state index is -1.04. The van der Waals surface area contributed by atoms with E-state index in [-0.39, 0.29) is 12.5 Å². The van der Waals surface area contributed by atoms with Gasteiger partial charge in [-0.1, -0.05) is 18.2 Å². The molecule has 144 valence electrons. The summed E-state index contributed by atoms with van der Waals surface area (Å²) in [6.07, 6.45) is 1.75.